The first-order valence-electron chi connectivity index (χ1n) is 5.32. The average Bonchev–Trinajstić information content (AvgIpc) is 2.78. The predicted octanol–water partition coefficient (Wildman–Crippen LogP) is 2.99. The monoisotopic (exact) mass is 356 g/mol. The minimum absolute atomic E-state index is 0.120. The van der Waals surface area contributed by atoms with E-state index in [1.807, 2.05) is 0 Å². The topological polar surface area (TPSA) is 49.4 Å². The Morgan fingerprint density at radius 2 is 1.94 bits per heavy atom. The highest BCUT2D eigenvalue weighted by atomic mass is 79.9. The summed E-state index contributed by atoms with van der Waals surface area (Å²) in [6.07, 6.45) is 1.64. The highest BCUT2D eigenvalue weighted by molar-refractivity contribution is 9.10. The van der Waals surface area contributed by atoms with E-state index < -0.39 is 16.0 Å². The van der Waals surface area contributed by atoms with Gasteiger partial charge in [0.15, 0.2) is 5.82 Å². The number of nitrogens with one attached hydrogen (secondary N) is 1. The van der Waals surface area contributed by atoms with Crippen LogP contribution < -0.4 is 4.72 Å². The normalized spacial score (nSPS) is 17.1. The highest BCUT2D eigenvalue weighted by Gasteiger charge is 2.26. The molecule has 1 fully saturated rings. The molecule has 1 heterocycles. The number of benzene rings is 1. The molecule has 0 bridgehead atoms. The molecule has 1 aromatic carbocycles. The number of hydrogen-bond acceptors (Lipinski definition) is 2. The fraction of sp³-hybridized carbons (Fsp3) is 0.400. The van der Waals surface area contributed by atoms with E-state index in [0.717, 1.165) is 12.8 Å². The highest BCUT2D eigenvalue weighted by Crippen LogP contribution is 2.29. The summed E-state index contributed by atoms with van der Waals surface area (Å²) in [4.78, 5) is 0. The summed E-state index contributed by atoms with van der Waals surface area (Å²) in [5.41, 5.74) is -0.152. The van der Waals surface area contributed by atoms with Gasteiger partial charge in [-0.2, -0.15) is 12.7 Å². The zero-order valence-electron chi connectivity index (χ0n) is 9.29. The van der Waals surface area contributed by atoms with E-state index in [2.05, 4.69) is 20.7 Å². The summed E-state index contributed by atoms with van der Waals surface area (Å²) < 4.78 is 41.3. The van der Waals surface area contributed by atoms with Gasteiger partial charge in [0.1, 0.15) is 0 Å². The van der Waals surface area contributed by atoms with Crippen molar-refractivity contribution in [3.05, 3.63) is 27.4 Å². The van der Waals surface area contributed by atoms with E-state index in [0.29, 0.717) is 13.1 Å². The molecule has 0 amide bonds. The molecule has 100 valence electrons. The lowest BCUT2D eigenvalue weighted by molar-refractivity contribution is 0.482. The summed E-state index contributed by atoms with van der Waals surface area (Å²) in [5.74, 6) is -0.679. The van der Waals surface area contributed by atoms with Gasteiger partial charge in [-0.05, 0) is 40.9 Å². The molecule has 0 aromatic heterocycles. The number of nitrogens with zero attached hydrogens (tertiary/aromatic N) is 1. The van der Waals surface area contributed by atoms with Gasteiger partial charge in [0, 0.05) is 18.1 Å². The Balaban J connectivity index is 2.28. The smallest absolute Gasteiger partial charge is 0.268 e. The van der Waals surface area contributed by atoms with Crippen LogP contribution >= 0.6 is 27.5 Å². The van der Waals surface area contributed by atoms with Crippen molar-refractivity contribution in [2.75, 3.05) is 17.8 Å². The van der Waals surface area contributed by atoms with Crippen LogP contribution in [0.1, 0.15) is 12.8 Å². The van der Waals surface area contributed by atoms with Crippen LogP contribution in [0.4, 0.5) is 10.1 Å². The van der Waals surface area contributed by atoms with E-state index in [-0.39, 0.29) is 15.2 Å². The van der Waals surface area contributed by atoms with Crippen LogP contribution in [0.15, 0.2) is 16.6 Å². The molecule has 0 radical (unpaired) electrons. The Morgan fingerprint density at radius 1 is 1.33 bits per heavy atom. The van der Waals surface area contributed by atoms with Crippen LogP contribution in [0.25, 0.3) is 0 Å². The van der Waals surface area contributed by atoms with Gasteiger partial charge in [-0.15, -0.1) is 0 Å². The first-order valence-corrected chi connectivity index (χ1v) is 7.94. The van der Waals surface area contributed by atoms with Crippen molar-refractivity contribution in [3.63, 3.8) is 0 Å². The molecule has 1 aromatic rings. The Kier molecular flexibility index (Phi) is 4.15. The average molecular weight is 358 g/mol. The lowest BCUT2D eigenvalue weighted by atomic mass is 10.3. The van der Waals surface area contributed by atoms with Gasteiger partial charge in [0.25, 0.3) is 0 Å². The zero-order valence-corrected chi connectivity index (χ0v) is 12.4. The molecule has 0 spiro atoms. The van der Waals surface area contributed by atoms with Crippen molar-refractivity contribution in [1.29, 1.82) is 0 Å². The minimum atomic E-state index is -3.71. The number of halogens is 3. The first-order chi connectivity index (χ1) is 8.40. The fourth-order valence-corrected chi connectivity index (χ4v) is 3.87. The van der Waals surface area contributed by atoms with Crippen molar-refractivity contribution in [2.45, 2.75) is 12.8 Å². The lowest BCUT2D eigenvalue weighted by Gasteiger charge is -2.17. The van der Waals surface area contributed by atoms with Crippen LogP contribution in [0.5, 0.6) is 0 Å². The summed E-state index contributed by atoms with van der Waals surface area (Å²) in [6, 6.07) is 2.61. The molecule has 4 nitrogen and oxygen atoms in total. The fourth-order valence-electron chi connectivity index (χ4n) is 1.76. The Hall–Kier alpha value is -0.370. The molecular weight excluding hydrogens is 347 g/mol. The Labute approximate surface area is 118 Å². The standard InChI is InChI=1S/C10H11BrClFN2O2S/c11-8-5-7(12)6-9(10(8)13)14-18(16,17)15-3-1-2-4-15/h5-6,14H,1-4H2. The lowest BCUT2D eigenvalue weighted by Crippen LogP contribution is -2.33. The van der Waals surface area contributed by atoms with E-state index in [1.54, 1.807) is 0 Å². The van der Waals surface area contributed by atoms with E-state index in [1.165, 1.54) is 16.4 Å². The van der Waals surface area contributed by atoms with Gasteiger partial charge in [-0.3, -0.25) is 4.72 Å². The predicted molar refractivity (Wildman–Crippen MR) is 72.5 cm³/mol. The maximum absolute atomic E-state index is 13.7. The first kappa shape index (κ1) is 14.0. The van der Waals surface area contributed by atoms with Crippen LogP contribution in [0.2, 0.25) is 5.02 Å². The van der Waals surface area contributed by atoms with Crippen molar-refractivity contribution < 1.29 is 12.8 Å². The summed E-state index contributed by atoms with van der Waals surface area (Å²) in [7, 11) is -3.71. The van der Waals surface area contributed by atoms with Crippen LogP contribution in [-0.2, 0) is 10.2 Å². The zero-order chi connectivity index (χ0) is 13.3. The Bertz CT molecular complexity index is 561. The molecule has 1 N–H and O–H groups in total. The van der Waals surface area contributed by atoms with Gasteiger partial charge >= 0.3 is 10.2 Å². The van der Waals surface area contributed by atoms with Crippen molar-refractivity contribution in [2.24, 2.45) is 0 Å². The third-order valence-corrected chi connectivity index (χ3v) is 4.95. The number of rotatable bonds is 3. The second kappa shape index (κ2) is 5.32. The maximum atomic E-state index is 13.7. The SMILES string of the molecule is O=S(=O)(Nc1cc(Cl)cc(Br)c1F)N1CCCC1. The van der Waals surface area contributed by atoms with E-state index in [4.69, 9.17) is 11.6 Å². The molecule has 1 aliphatic rings. The van der Waals surface area contributed by atoms with Gasteiger partial charge in [0.2, 0.25) is 0 Å². The van der Waals surface area contributed by atoms with Crippen molar-refractivity contribution in [1.82, 2.24) is 4.31 Å². The van der Waals surface area contributed by atoms with Gasteiger partial charge in [-0.25, -0.2) is 4.39 Å². The van der Waals surface area contributed by atoms with Crippen molar-refractivity contribution in [3.8, 4) is 0 Å². The minimum Gasteiger partial charge on any atom is -0.268 e. The molecule has 0 unspecified atom stereocenters. The third-order valence-electron chi connectivity index (χ3n) is 2.64. The van der Waals surface area contributed by atoms with Crippen LogP contribution in [0.3, 0.4) is 0 Å². The third kappa shape index (κ3) is 2.96. The second-order valence-electron chi connectivity index (χ2n) is 3.96. The number of hydrogen-bond donors (Lipinski definition) is 1. The second-order valence-corrected chi connectivity index (χ2v) is 6.92. The summed E-state index contributed by atoms with van der Waals surface area (Å²) in [6.45, 7) is 0.914. The quantitative estimate of drug-likeness (QED) is 0.846. The molecule has 0 aliphatic carbocycles. The molecule has 1 aliphatic heterocycles. The van der Waals surface area contributed by atoms with Crippen LogP contribution in [0, 0.1) is 5.82 Å². The molecule has 0 atom stereocenters. The molecule has 2 rings (SSSR count). The summed E-state index contributed by atoms with van der Waals surface area (Å²) in [5, 5.41) is 0.252. The van der Waals surface area contributed by atoms with Crippen LogP contribution in [-0.4, -0.2) is 25.8 Å². The number of anilines is 1. The Morgan fingerprint density at radius 3 is 2.56 bits per heavy atom. The largest absolute Gasteiger partial charge is 0.301 e. The molecule has 0 saturated carbocycles. The van der Waals surface area contributed by atoms with E-state index >= 15 is 0 Å². The van der Waals surface area contributed by atoms with E-state index in [9.17, 15) is 12.8 Å². The summed E-state index contributed by atoms with van der Waals surface area (Å²) >= 11 is 8.75. The van der Waals surface area contributed by atoms with Gasteiger partial charge in [0.05, 0.1) is 10.2 Å². The van der Waals surface area contributed by atoms with Gasteiger partial charge in [-0.1, -0.05) is 11.6 Å². The molecule has 1 saturated heterocycles. The van der Waals surface area contributed by atoms with Crippen molar-refractivity contribution >= 4 is 43.4 Å². The molecular formula is C10H11BrClFN2O2S. The molecule has 18 heavy (non-hydrogen) atoms. The molecule has 8 heteroatoms. The maximum Gasteiger partial charge on any atom is 0.301 e. The van der Waals surface area contributed by atoms with Gasteiger partial charge < -0.3 is 0 Å².